The Morgan fingerprint density at radius 2 is 1.89 bits per heavy atom. The highest BCUT2D eigenvalue weighted by Gasteiger charge is 2.31. The summed E-state index contributed by atoms with van der Waals surface area (Å²) in [7, 11) is 2.03. The number of nitrogens with two attached hydrogens (primary N) is 1. The van der Waals surface area contributed by atoms with Crippen molar-refractivity contribution in [3.05, 3.63) is 42.0 Å². The summed E-state index contributed by atoms with van der Waals surface area (Å²) in [6.07, 6.45) is 6.48. The van der Waals surface area contributed by atoms with Crippen LogP contribution in [0.4, 0.5) is 26.0 Å². The zero-order valence-corrected chi connectivity index (χ0v) is 19.7. The summed E-state index contributed by atoms with van der Waals surface area (Å²) in [5, 5.41) is 9.71. The van der Waals surface area contributed by atoms with Gasteiger partial charge in [-0.2, -0.15) is 0 Å². The molecule has 36 heavy (non-hydrogen) atoms. The zero-order chi connectivity index (χ0) is 25.4. The predicted octanol–water partition coefficient (Wildman–Crippen LogP) is 1.27. The van der Waals surface area contributed by atoms with Crippen LogP contribution in [0.25, 0.3) is 5.65 Å². The Hall–Kier alpha value is -3.87. The number of rotatable bonds is 5. The number of carbonyl (C=O) groups is 2. The molecule has 2 fully saturated rings. The second-order valence-corrected chi connectivity index (χ2v) is 9.29. The normalized spacial score (nSPS) is 19.1. The lowest BCUT2D eigenvalue weighted by Gasteiger charge is -2.34. The molecule has 0 spiro atoms. The van der Waals surface area contributed by atoms with Gasteiger partial charge in [0.1, 0.15) is 11.3 Å². The first kappa shape index (κ1) is 23.9. The average molecular weight is 500 g/mol. The van der Waals surface area contributed by atoms with E-state index in [1.807, 2.05) is 7.05 Å². The number of hydrogen-bond donors (Lipinski definition) is 3. The molecule has 0 aliphatic carbocycles. The quantitative estimate of drug-likeness (QED) is 0.478. The van der Waals surface area contributed by atoms with Crippen LogP contribution in [0.5, 0.6) is 0 Å². The van der Waals surface area contributed by atoms with Crippen molar-refractivity contribution in [2.75, 3.05) is 49.2 Å². The van der Waals surface area contributed by atoms with Crippen molar-refractivity contribution in [1.29, 1.82) is 0 Å². The Kier molecular flexibility index (Phi) is 6.39. The Morgan fingerprint density at radius 1 is 1.11 bits per heavy atom. The van der Waals surface area contributed by atoms with Crippen LogP contribution in [-0.4, -0.2) is 75.6 Å². The number of carbonyl (C=O) groups excluding carboxylic acids is 2. The van der Waals surface area contributed by atoms with Gasteiger partial charge in [-0.25, -0.2) is 18.3 Å². The van der Waals surface area contributed by atoms with E-state index in [1.165, 1.54) is 6.20 Å². The minimum absolute atomic E-state index is 0.0335. The number of hydrogen-bond acceptors (Lipinski definition) is 8. The molecule has 1 atom stereocenters. The van der Waals surface area contributed by atoms with E-state index in [4.69, 9.17) is 5.73 Å². The molecular formula is C23H27F2N9O2. The molecule has 0 saturated carbocycles. The molecule has 0 bridgehead atoms. The molecule has 2 saturated heterocycles. The lowest BCUT2D eigenvalue weighted by atomic mass is 9.95. The van der Waals surface area contributed by atoms with Gasteiger partial charge in [-0.1, -0.05) is 0 Å². The summed E-state index contributed by atoms with van der Waals surface area (Å²) in [4.78, 5) is 37.6. The lowest BCUT2D eigenvalue weighted by molar-refractivity contribution is -0.126. The van der Waals surface area contributed by atoms with Crippen LogP contribution in [-0.2, 0) is 4.79 Å². The maximum atomic E-state index is 14.9. The standard InChI is InChI=1S/C23H27F2N9O2/c1-32-5-4-15(12-32)29-22(35)13-2-6-33(7-3-13)19-16(25)9-27-10-17(19)30-23(36)18-20(26)31-34-11-14(24)8-28-21(18)34/h8-11,13,15H,2-7,12H2,1H3,(H2,26,31)(H,29,35)(H,30,36). The zero-order valence-electron chi connectivity index (χ0n) is 19.7. The van der Waals surface area contributed by atoms with Crippen LogP contribution in [0.15, 0.2) is 24.8 Å². The molecule has 0 aromatic carbocycles. The highest BCUT2D eigenvalue weighted by Crippen LogP contribution is 2.33. The number of likely N-dealkylation sites (N-methyl/N-ethyl adjacent to an activating group) is 1. The van der Waals surface area contributed by atoms with Gasteiger partial charge in [-0.15, -0.1) is 5.10 Å². The fourth-order valence-corrected chi connectivity index (χ4v) is 4.91. The fraction of sp³-hybridized carbons (Fsp3) is 0.435. The van der Waals surface area contributed by atoms with E-state index in [-0.39, 0.29) is 46.3 Å². The van der Waals surface area contributed by atoms with Crippen molar-refractivity contribution in [2.24, 2.45) is 5.92 Å². The largest absolute Gasteiger partial charge is 0.381 e. The van der Waals surface area contributed by atoms with Crippen molar-refractivity contribution in [1.82, 2.24) is 29.8 Å². The SMILES string of the molecule is CN1CCC(NC(=O)C2CCN(c3c(F)cncc3NC(=O)c3c(N)nn4cc(F)cnc34)CC2)C1. The molecule has 5 heterocycles. The molecule has 11 nitrogen and oxygen atoms in total. The second kappa shape index (κ2) is 9.64. The summed E-state index contributed by atoms with van der Waals surface area (Å²) in [5.74, 6) is -2.17. The number of pyridine rings is 1. The van der Waals surface area contributed by atoms with Gasteiger partial charge in [0.2, 0.25) is 5.91 Å². The van der Waals surface area contributed by atoms with Gasteiger partial charge in [0.05, 0.1) is 30.5 Å². The van der Waals surface area contributed by atoms with Gasteiger partial charge in [0.15, 0.2) is 23.1 Å². The molecule has 2 amide bonds. The molecule has 5 rings (SSSR count). The summed E-state index contributed by atoms with van der Waals surface area (Å²) >= 11 is 0. The maximum Gasteiger partial charge on any atom is 0.263 e. The Bertz CT molecular complexity index is 1310. The fourth-order valence-electron chi connectivity index (χ4n) is 4.91. The molecule has 1 unspecified atom stereocenters. The van der Waals surface area contributed by atoms with Crippen molar-refractivity contribution in [2.45, 2.75) is 25.3 Å². The first-order valence-electron chi connectivity index (χ1n) is 11.8. The number of piperidine rings is 1. The third-order valence-electron chi connectivity index (χ3n) is 6.74. The van der Waals surface area contributed by atoms with Crippen molar-refractivity contribution in [3.8, 4) is 0 Å². The third kappa shape index (κ3) is 4.65. The average Bonchev–Trinajstić information content (AvgIpc) is 3.40. The van der Waals surface area contributed by atoms with Crippen LogP contribution in [0.3, 0.4) is 0 Å². The summed E-state index contributed by atoms with van der Waals surface area (Å²) in [5.41, 5.74) is 6.23. The van der Waals surface area contributed by atoms with Crippen LogP contribution in [0.2, 0.25) is 0 Å². The van der Waals surface area contributed by atoms with Gasteiger partial charge < -0.3 is 26.2 Å². The summed E-state index contributed by atoms with van der Waals surface area (Å²) < 4.78 is 29.5. The molecular weight excluding hydrogens is 472 g/mol. The molecule has 2 aliphatic heterocycles. The van der Waals surface area contributed by atoms with Crippen LogP contribution >= 0.6 is 0 Å². The number of nitrogens with one attached hydrogen (secondary N) is 2. The number of fused-ring (bicyclic) bond motifs is 1. The van der Waals surface area contributed by atoms with E-state index in [1.54, 1.807) is 4.90 Å². The Labute approximate surface area is 205 Å². The first-order valence-corrected chi connectivity index (χ1v) is 11.8. The maximum absolute atomic E-state index is 14.9. The van der Waals surface area contributed by atoms with Gasteiger partial charge in [0.25, 0.3) is 5.91 Å². The second-order valence-electron chi connectivity index (χ2n) is 9.29. The molecule has 3 aromatic heterocycles. The van der Waals surface area contributed by atoms with Gasteiger partial charge in [-0.05, 0) is 32.9 Å². The highest BCUT2D eigenvalue weighted by atomic mass is 19.1. The van der Waals surface area contributed by atoms with E-state index >= 15 is 0 Å². The van der Waals surface area contributed by atoms with Crippen LogP contribution in [0.1, 0.15) is 29.6 Å². The monoisotopic (exact) mass is 499 g/mol. The number of nitrogens with zero attached hydrogens (tertiary/aromatic N) is 6. The summed E-state index contributed by atoms with van der Waals surface area (Å²) in [6, 6.07) is 0.165. The number of nitrogen functional groups attached to an aromatic ring is 1. The van der Waals surface area contributed by atoms with Crippen molar-refractivity contribution < 1.29 is 18.4 Å². The Balaban J connectivity index is 1.30. The lowest BCUT2D eigenvalue weighted by Crippen LogP contribution is -2.44. The first-order chi connectivity index (χ1) is 17.3. The molecule has 2 aliphatic rings. The molecule has 4 N–H and O–H groups in total. The van der Waals surface area contributed by atoms with E-state index in [2.05, 4.69) is 30.6 Å². The summed E-state index contributed by atoms with van der Waals surface area (Å²) in [6.45, 7) is 2.68. The van der Waals surface area contributed by atoms with Gasteiger partial charge in [-0.3, -0.25) is 14.6 Å². The minimum atomic E-state index is -0.675. The van der Waals surface area contributed by atoms with Gasteiger partial charge >= 0.3 is 0 Å². The molecule has 190 valence electrons. The Morgan fingerprint density at radius 3 is 2.61 bits per heavy atom. The van der Waals surface area contributed by atoms with E-state index in [9.17, 15) is 18.4 Å². The number of aromatic nitrogens is 4. The van der Waals surface area contributed by atoms with Crippen molar-refractivity contribution >= 4 is 34.7 Å². The number of anilines is 3. The van der Waals surface area contributed by atoms with E-state index in [0.29, 0.717) is 25.9 Å². The molecule has 3 aromatic rings. The minimum Gasteiger partial charge on any atom is -0.381 e. The number of halogens is 2. The highest BCUT2D eigenvalue weighted by molar-refractivity contribution is 6.12. The van der Waals surface area contributed by atoms with Crippen molar-refractivity contribution in [3.63, 3.8) is 0 Å². The van der Waals surface area contributed by atoms with Crippen LogP contribution < -0.4 is 21.3 Å². The van der Waals surface area contributed by atoms with Crippen LogP contribution in [0, 0.1) is 17.6 Å². The number of amides is 2. The van der Waals surface area contributed by atoms with E-state index in [0.717, 1.165) is 42.6 Å². The smallest absolute Gasteiger partial charge is 0.263 e. The topological polar surface area (TPSA) is 134 Å². The third-order valence-corrected chi connectivity index (χ3v) is 6.74. The molecule has 13 heteroatoms. The van der Waals surface area contributed by atoms with E-state index < -0.39 is 17.5 Å². The van der Waals surface area contributed by atoms with Gasteiger partial charge in [0, 0.05) is 31.6 Å². The number of likely N-dealkylation sites (tertiary alicyclic amines) is 1. The molecule has 0 radical (unpaired) electrons. The predicted molar refractivity (Wildman–Crippen MR) is 128 cm³/mol.